The highest BCUT2D eigenvalue weighted by atomic mass is 32.2. The summed E-state index contributed by atoms with van der Waals surface area (Å²) in [6.07, 6.45) is 3.30. The maximum atomic E-state index is 11.6. The minimum Gasteiger partial charge on any atom is -0.493 e. The Bertz CT molecular complexity index is 499. The maximum absolute atomic E-state index is 11.6. The first-order valence-corrected chi connectivity index (χ1v) is 8.99. The van der Waals surface area contributed by atoms with E-state index in [0.29, 0.717) is 17.9 Å². The van der Waals surface area contributed by atoms with Crippen LogP contribution in [0.1, 0.15) is 17.3 Å². The van der Waals surface area contributed by atoms with Crippen LogP contribution in [0.2, 0.25) is 0 Å². The van der Waals surface area contributed by atoms with E-state index in [1.165, 1.54) is 29.6 Å². The Morgan fingerprint density at radius 1 is 1.32 bits per heavy atom. The van der Waals surface area contributed by atoms with E-state index in [-0.39, 0.29) is 22.9 Å². The van der Waals surface area contributed by atoms with Gasteiger partial charge in [0.2, 0.25) is 4.45 Å². The fourth-order valence-electron chi connectivity index (χ4n) is 1.46. The van der Waals surface area contributed by atoms with Crippen molar-refractivity contribution in [3.63, 3.8) is 0 Å². The first kappa shape index (κ1) is 18.6. The summed E-state index contributed by atoms with van der Waals surface area (Å²) in [5, 5.41) is 0. The molecule has 1 aromatic carbocycles. The zero-order valence-electron chi connectivity index (χ0n) is 12.7. The van der Waals surface area contributed by atoms with Gasteiger partial charge in [-0.15, -0.1) is 0 Å². The standard InChI is InChI=1S/C16H20O4S2/c1-4-9-19-15(17)13-5-7-14(8-6-13)20-10-12(2)11-22-16(18)21-3/h4-8,12H,1,9-11H2,2-3H3. The number of carbonyl (C=O) groups is 2. The topological polar surface area (TPSA) is 52.6 Å². The lowest BCUT2D eigenvalue weighted by atomic mass is 10.2. The third kappa shape index (κ3) is 7.04. The summed E-state index contributed by atoms with van der Waals surface area (Å²) in [5.41, 5.74) is 0.475. The normalized spacial score (nSPS) is 11.5. The SMILES string of the molecule is C=CCOC(=O)c1ccc(OCC(C)CSC(=O)SC)cc1. The van der Waals surface area contributed by atoms with Crippen molar-refractivity contribution in [2.45, 2.75) is 6.92 Å². The van der Waals surface area contributed by atoms with Crippen molar-refractivity contribution < 1.29 is 19.1 Å². The second-order valence-corrected chi connectivity index (χ2v) is 6.62. The molecule has 6 heteroatoms. The summed E-state index contributed by atoms with van der Waals surface area (Å²) in [7, 11) is 0. The Labute approximate surface area is 139 Å². The molecule has 0 aliphatic rings. The Hall–Kier alpha value is -1.40. The quantitative estimate of drug-likeness (QED) is 0.520. The van der Waals surface area contributed by atoms with E-state index < -0.39 is 0 Å². The van der Waals surface area contributed by atoms with Crippen LogP contribution in [-0.2, 0) is 4.74 Å². The van der Waals surface area contributed by atoms with Crippen LogP contribution >= 0.6 is 23.5 Å². The van der Waals surface area contributed by atoms with Gasteiger partial charge in [0.05, 0.1) is 12.2 Å². The van der Waals surface area contributed by atoms with Gasteiger partial charge in [0.25, 0.3) is 0 Å². The first-order valence-electron chi connectivity index (χ1n) is 6.78. The molecule has 120 valence electrons. The van der Waals surface area contributed by atoms with Gasteiger partial charge >= 0.3 is 5.97 Å². The molecule has 0 bridgehead atoms. The first-order chi connectivity index (χ1) is 10.6. The number of benzene rings is 1. The van der Waals surface area contributed by atoms with Crippen molar-refractivity contribution in [1.29, 1.82) is 0 Å². The van der Waals surface area contributed by atoms with Gasteiger partial charge in [-0.3, -0.25) is 4.79 Å². The molecule has 1 unspecified atom stereocenters. The van der Waals surface area contributed by atoms with Gasteiger partial charge in [0.15, 0.2) is 0 Å². The highest BCUT2D eigenvalue weighted by Crippen LogP contribution is 2.19. The fraction of sp³-hybridized carbons (Fsp3) is 0.375. The maximum Gasteiger partial charge on any atom is 0.338 e. The lowest BCUT2D eigenvalue weighted by molar-refractivity contribution is 0.0549. The summed E-state index contributed by atoms with van der Waals surface area (Å²) in [6, 6.07) is 6.80. The van der Waals surface area contributed by atoms with Crippen molar-refractivity contribution in [1.82, 2.24) is 0 Å². The molecular formula is C16H20O4S2. The molecule has 4 nitrogen and oxygen atoms in total. The zero-order chi connectivity index (χ0) is 16.4. The van der Waals surface area contributed by atoms with Gasteiger partial charge in [-0.2, -0.15) is 0 Å². The molecular weight excluding hydrogens is 320 g/mol. The molecule has 0 heterocycles. The van der Waals surface area contributed by atoms with Gasteiger partial charge in [-0.25, -0.2) is 4.79 Å². The molecule has 0 fully saturated rings. The number of esters is 1. The number of rotatable bonds is 8. The van der Waals surface area contributed by atoms with Crippen LogP contribution in [0.15, 0.2) is 36.9 Å². The lowest BCUT2D eigenvalue weighted by Gasteiger charge is -2.12. The molecule has 1 atom stereocenters. The van der Waals surface area contributed by atoms with E-state index in [1.54, 1.807) is 30.5 Å². The second-order valence-electron chi connectivity index (χ2n) is 4.59. The minimum absolute atomic E-state index is 0.120. The molecule has 0 aromatic heterocycles. The third-order valence-corrected chi connectivity index (χ3v) is 4.77. The van der Waals surface area contributed by atoms with Crippen LogP contribution in [0, 0.1) is 5.92 Å². The molecule has 22 heavy (non-hydrogen) atoms. The summed E-state index contributed by atoms with van der Waals surface area (Å²) in [6.45, 7) is 6.24. The van der Waals surface area contributed by atoms with Crippen LogP contribution in [-0.4, -0.2) is 35.6 Å². The second kappa shape index (κ2) is 10.3. The van der Waals surface area contributed by atoms with Crippen molar-refractivity contribution in [3.8, 4) is 5.75 Å². The predicted molar refractivity (Wildman–Crippen MR) is 92.9 cm³/mol. The van der Waals surface area contributed by atoms with Gasteiger partial charge in [0, 0.05) is 5.75 Å². The van der Waals surface area contributed by atoms with Crippen LogP contribution in [0.25, 0.3) is 0 Å². The third-order valence-electron chi connectivity index (χ3n) is 2.61. The largest absolute Gasteiger partial charge is 0.493 e. The Morgan fingerprint density at radius 2 is 2.00 bits per heavy atom. The Balaban J connectivity index is 2.39. The molecule has 0 saturated heterocycles. The molecule has 0 amide bonds. The van der Waals surface area contributed by atoms with Crippen LogP contribution in [0.5, 0.6) is 5.75 Å². The van der Waals surface area contributed by atoms with Gasteiger partial charge in [-0.1, -0.05) is 43.1 Å². The highest BCUT2D eigenvalue weighted by molar-refractivity contribution is 8.38. The number of ether oxygens (including phenoxy) is 2. The zero-order valence-corrected chi connectivity index (χ0v) is 14.4. The van der Waals surface area contributed by atoms with Gasteiger partial charge in [0.1, 0.15) is 12.4 Å². The van der Waals surface area contributed by atoms with E-state index in [4.69, 9.17) is 9.47 Å². The van der Waals surface area contributed by atoms with Crippen molar-refractivity contribution in [2.24, 2.45) is 5.92 Å². The Kier molecular flexibility index (Phi) is 8.77. The summed E-state index contributed by atoms with van der Waals surface area (Å²) in [4.78, 5) is 22.8. The van der Waals surface area contributed by atoms with E-state index in [2.05, 4.69) is 6.58 Å². The average molecular weight is 340 g/mol. The molecule has 0 spiro atoms. The highest BCUT2D eigenvalue weighted by Gasteiger charge is 2.09. The fourth-order valence-corrected chi connectivity index (χ4v) is 2.65. The molecule has 1 aromatic rings. The summed E-state index contributed by atoms with van der Waals surface area (Å²) in [5.74, 6) is 1.30. The monoisotopic (exact) mass is 340 g/mol. The van der Waals surface area contributed by atoms with Crippen molar-refractivity contribution >= 4 is 33.9 Å². The average Bonchev–Trinajstić information content (AvgIpc) is 2.55. The number of carbonyl (C=O) groups excluding carboxylic acids is 2. The molecule has 0 saturated carbocycles. The van der Waals surface area contributed by atoms with Crippen molar-refractivity contribution in [2.75, 3.05) is 25.2 Å². The molecule has 0 aliphatic carbocycles. The van der Waals surface area contributed by atoms with Gasteiger partial charge in [-0.05, 0) is 36.4 Å². The van der Waals surface area contributed by atoms with Crippen molar-refractivity contribution in [3.05, 3.63) is 42.5 Å². The minimum atomic E-state index is -0.383. The van der Waals surface area contributed by atoms with Gasteiger partial charge < -0.3 is 9.47 Å². The van der Waals surface area contributed by atoms with E-state index in [1.807, 2.05) is 6.92 Å². The van der Waals surface area contributed by atoms with E-state index in [0.717, 1.165) is 5.75 Å². The lowest BCUT2D eigenvalue weighted by Crippen LogP contribution is -2.11. The number of hydrogen-bond acceptors (Lipinski definition) is 6. The summed E-state index contributed by atoms with van der Waals surface area (Å²) >= 11 is 2.53. The molecule has 0 aliphatic heterocycles. The molecule has 1 rings (SSSR count). The van der Waals surface area contributed by atoms with Crippen LogP contribution < -0.4 is 4.74 Å². The molecule has 0 N–H and O–H groups in total. The van der Waals surface area contributed by atoms with E-state index >= 15 is 0 Å². The van der Waals surface area contributed by atoms with E-state index in [9.17, 15) is 9.59 Å². The van der Waals surface area contributed by atoms with Crippen LogP contribution in [0.4, 0.5) is 4.79 Å². The van der Waals surface area contributed by atoms with Crippen LogP contribution in [0.3, 0.4) is 0 Å². The number of thioether (sulfide) groups is 2. The number of hydrogen-bond donors (Lipinski definition) is 0. The molecule has 0 radical (unpaired) electrons. The summed E-state index contributed by atoms with van der Waals surface area (Å²) < 4.78 is 10.7. The Morgan fingerprint density at radius 3 is 2.59 bits per heavy atom. The smallest absolute Gasteiger partial charge is 0.338 e. The predicted octanol–water partition coefficient (Wildman–Crippen LogP) is 4.26.